The van der Waals surface area contributed by atoms with Gasteiger partial charge in [-0.2, -0.15) is 0 Å². The van der Waals surface area contributed by atoms with Crippen LogP contribution in [0, 0.1) is 5.82 Å². The topological polar surface area (TPSA) is 67.4 Å². The van der Waals surface area contributed by atoms with Crippen molar-refractivity contribution in [3.63, 3.8) is 0 Å². The van der Waals surface area contributed by atoms with Crippen molar-refractivity contribution < 1.29 is 18.7 Å². The van der Waals surface area contributed by atoms with Gasteiger partial charge in [-0.1, -0.05) is 24.3 Å². The molecular formula is C21H17FN2O3. The largest absolute Gasteiger partial charge is 0.497 e. The van der Waals surface area contributed by atoms with Gasteiger partial charge >= 0.3 is 0 Å². The van der Waals surface area contributed by atoms with E-state index in [0.29, 0.717) is 22.7 Å². The molecule has 6 heteroatoms. The summed E-state index contributed by atoms with van der Waals surface area (Å²) in [4.78, 5) is 24.5. The zero-order valence-corrected chi connectivity index (χ0v) is 14.5. The molecule has 0 saturated heterocycles. The number of hydrogen-bond acceptors (Lipinski definition) is 3. The summed E-state index contributed by atoms with van der Waals surface area (Å²) in [7, 11) is 1.42. The number of benzene rings is 3. The van der Waals surface area contributed by atoms with Crippen LogP contribution < -0.4 is 15.4 Å². The molecule has 0 aromatic heterocycles. The quantitative estimate of drug-likeness (QED) is 0.708. The number of carbonyl (C=O) groups excluding carboxylic acids is 2. The lowest BCUT2D eigenvalue weighted by molar-refractivity contribution is 0.101. The Morgan fingerprint density at radius 2 is 1.48 bits per heavy atom. The Morgan fingerprint density at radius 3 is 2.11 bits per heavy atom. The maximum absolute atomic E-state index is 14.0. The number of amides is 2. The number of anilines is 2. The van der Waals surface area contributed by atoms with E-state index in [1.54, 1.807) is 48.5 Å². The highest BCUT2D eigenvalue weighted by molar-refractivity contribution is 6.06. The van der Waals surface area contributed by atoms with Crippen molar-refractivity contribution in [3.05, 3.63) is 89.7 Å². The van der Waals surface area contributed by atoms with Crippen LogP contribution in [0.3, 0.4) is 0 Å². The Morgan fingerprint density at radius 1 is 0.815 bits per heavy atom. The van der Waals surface area contributed by atoms with E-state index in [1.807, 2.05) is 6.07 Å². The third-order valence-electron chi connectivity index (χ3n) is 3.84. The van der Waals surface area contributed by atoms with Crippen LogP contribution in [0.4, 0.5) is 15.8 Å². The average molecular weight is 364 g/mol. The first kappa shape index (κ1) is 18.1. The summed E-state index contributed by atoms with van der Waals surface area (Å²) in [5, 5.41) is 5.38. The molecule has 3 rings (SSSR count). The molecule has 5 nitrogen and oxygen atoms in total. The molecule has 0 spiro atoms. The second-order valence-electron chi connectivity index (χ2n) is 5.70. The van der Waals surface area contributed by atoms with Gasteiger partial charge in [0, 0.05) is 23.0 Å². The molecule has 0 aliphatic rings. The maximum Gasteiger partial charge on any atom is 0.258 e. The Balaban J connectivity index is 1.72. The van der Waals surface area contributed by atoms with Crippen molar-refractivity contribution >= 4 is 23.2 Å². The first-order chi connectivity index (χ1) is 13.1. The summed E-state index contributed by atoms with van der Waals surface area (Å²) in [5.41, 5.74) is 1.36. The van der Waals surface area contributed by atoms with Gasteiger partial charge in [0.25, 0.3) is 11.8 Å². The van der Waals surface area contributed by atoms with E-state index in [1.165, 1.54) is 19.2 Å². The fourth-order valence-corrected chi connectivity index (χ4v) is 2.47. The summed E-state index contributed by atoms with van der Waals surface area (Å²) in [6.07, 6.45) is 0. The van der Waals surface area contributed by atoms with Crippen molar-refractivity contribution in [2.24, 2.45) is 0 Å². The van der Waals surface area contributed by atoms with Crippen molar-refractivity contribution in [1.82, 2.24) is 0 Å². The highest BCUT2D eigenvalue weighted by atomic mass is 19.1. The smallest absolute Gasteiger partial charge is 0.258 e. The number of carbonyl (C=O) groups is 2. The first-order valence-electron chi connectivity index (χ1n) is 8.18. The van der Waals surface area contributed by atoms with Gasteiger partial charge in [-0.3, -0.25) is 9.59 Å². The molecule has 2 N–H and O–H groups in total. The van der Waals surface area contributed by atoms with Gasteiger partial charge in [-0.15, -0.1) is 0 Å². The van der Waals surface area contributed by atoms with Crippen LogP contribution in [0.25, 0.3) is 0 Å². The van der Waals surface area contributed by atoms with Crippen LogP contribution in [0.15, 0.2) is 72.8 Å². The number of hydrogen-bond donors (Lipinski definition) is 2. The summed E-state index contributed by atoms with van der Waals surface area (Å²) in [5.74, 6) is -1.21. The van der Waals surface area contributed by atoms with Gasteiger partial charge in [0.2, 0.25) is 0 Å². The number of rotatable bonds is 5. The molecule has 0 unspecified atom stereocenters. The van der Waals surface area contributed by atoms with Crippen LogP contribution in [0.5, 0.6) is 5.75 Å². The zero-order valence-electron chi connectivity index (χ0n) is 14.5. The summed E-state index contributed by atoms with van der Waals surface area (Å²) >= 11 is 0. The monoisotopic (exact) mass is 364 g/mol. The predicted octanol–water partition coefficient (Wildman–Crippen LogP) is 4.34. The molecule has 3 aromatic rings. The van der Waals surface area contributed by atoms with E-state index in [9.17, 15) is 14.0 Å². The second-order valence-corrected chi connectivity index (χ2v) is 5.70. The summed E-state index contributed by atoms with van der Waals surface area (Å²) in [6.45, 7) is 0. The fourth-order valence-electron chi connectivity index (χ4n) is 2.47. The summed E-state index contributed by atoms with van der Waals surface area (Å²) in [6, 6.07) is 19.4. The molecule has 0 aliphatic heterocycles. The number of methoxy groups -OCH3 is 1. The van der Waals surface area contributed by atoms with Gasteiger partial charge in [0.1, 0.15) is 11.6 Å². The minimum Gasteiger partial charge on any atom is -0.497 e. The molecule has 0 radical (unpaired) electrons. The summed E-state index contributed by atoms with van der Waals surface area (Å²) < 4.78 is 19.0. The highest BCUT2D eigenvalue weighted by Gasteiger charge is 2.13. The SMILES string of the molecule is COc1ccc(C(=O)Nc2cccc(NC(=O)c3ccccc3)c2)c(F)c1. The minimum atomic E-state index is -0.680. The molecular weight excluding hydrogens is 347 g/mol. The van der Waals surface area contributed by atoms with Crippen molar-refractivity contribution in [3.8, 4) is 5.75 Å². The van der Waals surface area contributed by atoms with Crippen LogP contribution in [0.1, 0.15) is 20.7 Å². The van der Waals surface area contributed by atoms with E-state index < -0.39 is 11.7 Å². The molecule has 0 saturated carbocycles. The Kier molecular flexibility index (Phi) is 5.47. The highest BCUT2D eigenvalue weighted by Crippen LogP contribution is 2.20. The van der Waals surface area contributed by atoms with Crippen LogP contribution in [0.2, 0.25) is 0 Å². The third kappa shape index (κ3) is 4.49. The van der Waals surface area contributed by atoms with Crippen LogP contribution in [-0.2, 0) is 0 Å². The minimum absolute atomic E-state index is 0.102. The molecule has 0 heterocycles. The maximum atomic E-state index is 14.0. The average Bonchev–Trinajstić information content (AvgIpc) is 2.68. The van der Waals surface area contributed by atoms with Gasteiger partial charge in [-0.05, 0) is 42.5 Å². The van der Waals surface area contributed by atoms with Crippen LogP contribution >= 0.6 is 0 Å². The lowest BCUT2D eigenvalue weighted by Crippen LogP contribution is -2.15. The van der Waals surface area contributed by atoms with E-state index in [-0.39, 0.29) is 11.5 Å². The normalized spacial score (nSPS) is 10.1. The lowest BCUT2D eigenvalue weighted by atomic mass is 10.1. The molecule has 0 bridgehead atoms. The van der Waals surface area contributed by atoms with Crippen LogP contribution in [-0.4, -0.2) is 18.9 Å². The molecule has 27 heavy (non-hydrogen) atoms. The van der Waals surface area contributed by atoms with Crippen molar-refractivity contribution in [2.75, 3.05) is 17.7 Å². The molecule has 0 atom stereocenters. The Hall–Kier alpha value is -3.67. The van der Waals surface area contributed by atoms with E-state index in [2.05, 4.69) is 10.6 Å². The molecule has 0 aliphatic carbocycles. The predicted molar refractivity (Wildman–Crippen MR) is 102 cm³/mol. The molecule has 0 fully saturated rings. The zero-order chi connectivity index (χ0) is 19.2. The fraction of sp³-hybridized carbons (Fsp3) is 0.0476. The standard InChI is InChI=1S/C21H17FN2O3/c1-27-17-10-11-18(19(22)13-17)21(26)24-16-9-5-8-15(12-16)23-20(25)14-6-3-2-4-7-14/h2-13H,1H3,(H,23,25)(H,24,26). The van der Waals surface area contributed by atoms with Gasteiger partial charge < -0.3 is 15.4 Å². The molecule has 3 aromatic carbocycles. The molecule has 2 amide bonds. The van der Waals surface area contributed by atoms with E-state index >= 15 is 0 Å². The van der Waals surface area contributed by atoms with Crippen molar-refractivity contribution in [1.29, 1.82) is 0 Å². The number of ether oxygens (including phenoxy) is 1. The second kappa shape index (κ2) is 8.14. The Labute approximate surface area is 155 Å². The number of nitrogens with one attached hydrogen (secondary N) is 2. The van der Waals surface area contributed by atoms with Gasteiger partial charge in [0.15, 0.2) is 0 Å². The third-order valence-corrected chi connectivity index (χ3v) is 3.84. The first-order valence-corrected chi connectivity index (χ1v) is 8.18. The Bertz CT molecular complexity index is 974. The molecule has 136 valence electrons. The van der Waals surface area contributed by atoms with Gasteiger partial charge in [-0.25, -0.2) is 4.39 Å². The number of halogens is 1. The van der Waals surface area contributed by atoms with E-state index in [0.717, 1.165) is 6.07 Å². The van der Waals surface area contributed by atoms with E-state index in [4.69, 9.17) is 4.74 Å². The van der Waals surface area contributed by atoms with Gasteiger partial charge in [0.05, 0.1) is 12.7 Å². The van der Waals surface area contributed by atoms with Crippen molar-refractivity contribution in [2.45, 2.75) is 0 Å². The lowest BCUT2D eigenvalue weighted by Gasteiger charge is -2.10.